The van der Waals surface area contributed by atoms with E-state index in [4.69, 9.17) is 5.26 Å². The number of nitrogens with zero attached hydrogens (tertiary/aromatic N) is 2. The first-order valence-electron chi connectivity index (χ1n) is 5.50. The van der Waals surface area contributed by atoms with E-state index in [2.05, 4.69) is 17.9 Å². The summed E-state index contributed by atoms with van der Waals surface area (Å²) in [4.78, 5) is 2.16. The van der Waals surface area contributed by atoms with Gasteiger partial charge in [-0.15, -0.1) is 0 Å². The van der Waals surface area contributed by atoms with Crippen molar-refractivity contribution in [2.45, 2.75) is 26.2 Å². The molecular formula is C13H18N2. The molecule has 1 rings (SSSR count). The normalized spacial score (nSPS) is 9.67. The van der Waals surface area contributed by atoms with E-state index in [9.17, 15) is 0 Å². The minimum Gasteiger partial charge on any atom is -0.374 e. The van der Waals surface area contributed by atoms with Gasteiger partial charge in [0.15, 0.2) is 0 Å². The maximum Gasteiger partial charge on any atom is 0.101 e. The molecule has 0 aliphatic carbocycles. The van der Waals surface area contributed by atoms with Crippen molar-refractivity contribution in [1.82, 2.24) is 0 Å². The summed E-state index contributed by atoms with van der Waals surface area (Å²) in [6.45, 7) is 3.22. The van der Waals surface area contributed by atoms with Crippen molar-refractivity contribution in [2.24, 2.45) is 0 Å². The molecule has 0 saturated heterocycles. The second kappa shape index (κ2) is 6.08. The standard InChI is InChI=1S/C13H18N2/c1-3-4-7-10-15(2)13-9-6-5-8-12(13)11-14/h5-6,8-9H,3-4,7,10H2,1-2H3. The Balaban J connectivity index is 2.65. The Bertz CT molecular complexity index is 339. The SMILES string of the molecule is CCCCCN(C)c1ccccc1C#N. The average molecular weight is 202 g/mol. The first-order chi connectivity index (χ1) is 7.29. The summed E-state index contributed by atoms with van der Waals surface area (Å²) in [5.74, 6) is 0. The summed E-state index contributed by atoms with van der Waals surface area (Å²) in [6, 6.07) is 9.98. The highest BCUT2D eigenvalue weighted by Gasteiger charge is 2.05. The molecule has 0 N–H and O–H groups in total. The number of nitriles is 1. The molecule has 0 atom stereocenters. The molecule has 0 heterocycles. The number of hydrogen-bond acceptors (Lipinski definition) is 2. The molecule has 0 aliphatic rings. The van der Waals surface area contributed by atoms with Gasteiger partial charge in [-0.05, 0) is 18.6 Å². The largest absolute Gasteiger partial charge is 0.374 e. The minimum absolute atomic E-state index is 0.761. The summed E-state index contributed by atoms with van der Waals surface area (Å²) in [7, 11) is 2.05. The first-order valence-corrected chi connectivity index (χ1v) is 5.50. The van der Waals surface area contributed by atoms with Crippen LogP contribution in [0.5, 0.6) is 0 Å². The molecule has 0 bridgehead atoms. The third kappa shape index (κ3) is 3.28. The molecule has 0 spiro atoms. The number of anilines is 1. The molecule has 0 amide bonds. The van der Waals surface area contributed by atoms with E-state index in [1.54, 1.807) is 0 Å². The molecule has 1 aromatic carbocycles. The van der Waals surface area contributed by atoms with E-state index >= 15 is 0 Å². The molecule has 0 fully saturated rings. The van der Waals surface area contributed by atoms with Crippen molar-refractivity contribution in [1.29, 1.82) is 5.26 Å². The van der Waals surface area contributed by atoms with E-state index in [0.717, 1.165) is 17.8 Å². The third-order valence-electron chi connectivity index (χ3n) is 2.53. The summed E-state index contributed by atoms with van der Waals surface area (Å²) in [6.07, 6.45) is 3.67. The molecule has 1 aromatic rings. The van der Waals surface area contributed by atoms with Crippen LogP contribution in [0.15, 0.2) is 24.3 Å². The van der Waals surface area contributed by atoms with Gasteiger partial charge >= 0.3 is 0 Å². The zero-order chi connectivity index (χ0) is 11.1. The molecule has 15 heavy (non-hydrogen) atoms. The second-order valence-corrected chi connectivity index (χ2v) is 3.76. The Morgan fingerprint density at radius 1 is 1.27 bits per heavy atom. The van der Waals surface area contributed by atoms with Gasteiger partial charge in [0, 0.05) is 13.6 Å². The second-order valence-electron chi connectivity index (χ2n) is 3.76. The predicted octanol–water partition coefficient (Wildman–Crippen LogP) is 3.18. The van der Waals surface area contributed by atoms with Gasteiger partial charge in [0.2, 0.25) is 0 Å². The van der Waals surface area contributed by atoms with E-state index < -0.39 is 0 Å². The minimum atomic E-state index is 0.761. The van der Waals surface area contributed by atoms with E-state index in [1.165, 1.54) is 19.3 Å². The number of hydrogen-bond donors (Lipinski definition) is 0. The van der Waals surface area contributed by atoms with Crippen LogP contribution >= 0.6 is 0 Å². The monoisotopic (exact) mass is 202 g/mol. The van der Waals surface area contributed by atoms with Gasteiger partial charge in [0.1, 0.15) is 6.07 Å². The average Bonchev–Trinajstić information content (AvgIpc) is 2.29. The summed E-state index contributed by atoms with van der Waals surface area (Å²) < 4.78 is 0. The van der Waals surface area contributed by atoms with Crippen molar-refractivity contribution in [3.05, 3.63) is 29.8 Å². The van der Waals surface area contributed by atoms with Crippen molar-refractivity contribution in [2.75, 3.05) is 18.5 Å². The van der Waals surface area contributed by atoms with E-state index in [1.807, 2.05) is 31.3 Å². The zero-order valence-electron chi connectivity index (χ0n) is 9.53. The van der Waals surface area contributed by atoms with Crippen molar-refractivity contribution < 1.29 is 0 Å². The van der Waals surface area contributed by atoms with Gasteiger partial charge in [0.05, 0.1) is 11.3 Å². The maximum absolute atomic E-state index is 8.96. The Morgan fingerprint density at radius 3 is 2.67 bits per heavy atom. The molecule has 0 aliphatic heterocycles. The summed E-state index contributed by atoms with van der Waals surface area (Å²) in [5.41, 5.74) is 1.80. The smallest absolute Gasteiger partial charge is 0.101 e. The number of para-hydroxylation sites is 1. The van der Waals surface area contributed by atoms with Crippen LogP contribution in [-0.4, -0.2) is 13.6 Å². The highest BCUT2D eigenvalue weighted by molar-refractivity contribution is 5.58. The molecule has 0 radical (unpaired) electrons. The van der Waals surface area contributed by atoms with E-state index in [-0.39, 0.29) is 0 Å². The fourth-order valence-electron chi connectivity index (χ4n) is 1.62. The quantitative estimate of drug-likeness (QED) is 0.686. The Morgan fingerprint density at radius 2 is 2.00 bits per heavy atom. The van der Waals surface area contributed by atoms with Crippen LogP contribution in [0.2, 0.25) is 0 Å². The van der Waals surface area contributed by atoms with Crippen LogP contribution in [0.1, 0.15) is 31.7 Å². The Kier molecular flexibility index (Phi) is 4.70. The molecular weight excluding hydrogens is 184 g/mol. The molecule has 80 valence electrons. The van der Waals surface area contributed by atoms with Gasteiger partial charge in [-0.25, -0.2) is 0 Å². The van der Waals surface area contributed by atoms with Gasteiger partial charge in [-0.2, -0.15) is 5.26 Å². The number of benzene rings is 1. The highest BCUT2D eigenvalue weighted by Crippen LogP contribution is 2.18. The molecule has 2 heteroatoms. The van der Waals surface area contributed by atoms with Gasteiger partial charge in [-0.1, -0.05) is 31.9 Å². The first kappa shape index (κ1) is 11.6. The van der Waals surface area contributed by atoms with Crippen LogP contribution in [0.25, 0.3) is 0 Å². The Hall–Kier alpha value is -1.49. The highest BCUT2D eigenvalue weighted by atomic mass is 15.1. The summed E-state index contributed by atoms with van der Waals surface area (Å²) >= 11 is 0. The van der Waals surface area contributed by atoms with Crippen LogP contribution in [-0.2, 0) is 0 Å². The van der Waals surface area contributed by atoms with Crippen molar-refractivity contribution in [3.63, 3.8) is 0 Å². The predicted molar refractivity (Wildman–Crippen MR) is 64.0 cm³/mol. The maximum atomic E-state index is 8.96. The fourth-order valence-corrected chi connectivity index (χ4v) is 1.62. The third-order valence-corrected chi connectivity index (χ3v) is 2.53. The Labute approximate surface area is 92.1 Å². The lowest BCUT2D eigenvalue weighted by molar-refractivity contribution is 0.705. The van der Waals surface area contributed by atoms with Crippen LogP contribution in [0.3, 0.4) is 0 Å². The zero-order valence-corrected chi connectivity index (χ0v) is 9.53. The summed E-state index contributed by atoms with van der Waals surface area (Å²) in [5, 5.41) is 8.96. The van der Waals surface area contributed by atoms with Gasteiger partial charge in [0.25, 0.3) is 0 Å². The topological polar surface area (TPSA) is 27.0 Å². The molecule has 0 unspecified atom stereocenters. The molecule has 0 saturated carbocycles. The fraction of sp³-hybridized carbons (Fsp3) is 0.462. The lowest BCUT2D eigenvalue weighted by Crippen LogP contribution is -2.19. The van der Waals surface area contributed by atoms with Crippen LogP contribution < -0.4 is 4.90 Å². The van der Waals surface area contributed by atoms with Crippen LogP contribution in [0, 0.1) is 11.3 Å². The van der Waals surface area contributed by atoms with Crippen molar-refractivity contribution in [3.8, 4) is 6.07 Å². The lowest BCUT2D eigenvalue weighted by atomic mass is 10.1. The number of rotatable bonds is 5. The van der Waals surface area contributed by atoms with Gasteiger partial charge < -0.3 is 4.90 Å². The van der Waals surface area contributed by atoms with Crippen molar-refractivity contribution >= 4 is 5.69 Å². The number of unbranched alkanes of at least 4 members (excludes halogenated alkanes) is 2. The van der Waals surface area contributed by atoms with Crippen LogP contribution in [0.4, 0.5) is 5.69 Å². The molecule has 0 aromatic heterocycles. The van der Waals surface area contributed by atoms with E-state index in [0.29, 0.717) is 0 Å². The molecule has 2 nitrogen and oxygen atoms in total. The lowest BCUT2D eigenvalue weighted by Gasteiger charge is -2.20. The van der Waals surface area contributed by atoms with Gasteiger partial charge in [-0.3, -0.25) is 0 Å².